The quantitative estimate of drug-likeness (QED) is 0.381. The van der Waals surface area contributed by atoms with Gasteiger partial charge in [0.05, 0.1) is 15.7 Å². The number of rotatable bonds is 5. The van der Waals surface area contributed by atoms with Gasteiger partial charge in [0.15, 0.2) is 18.1 Å². The van der Waals surface area contributed by atoms with Gasteiger partial charge >= 0.3 is 0 Å². The summed E-state index contributed by atoms with van der Waals surface area (Å²) in [5.74, 6) is -0.755. The van der Waals surface area contributed by atoms with Crippen molar-refractivity contribution in [3.05, 3.63) is 50.4 Å². The maximum Gasteiger partial charge on any atom is 0.277 e. The van der Waals surface area contributed by atoms with Crippen LogP contribution in [0.25, 0.3) is 0 Å². The Morgan fingerprint density at radius 3 is 2.71 bits per heavy atom. The number of carbonyl (C=O) groups is 1. The fourth-order valence-electron chi connectivity index (χ4n) is 1.63. The second-order valence-corrected chi connectivity index (χ2v) is 6.23. The van der Waals surface area contributed by atoms with Gasteiger partial charge in [-0.25, -0.2) is 5.43 Å². The molecule has 0 radical (unpaired) electrons. The molecule has 0 aliphatic carbocycles. The van der Waals surface area contributed by atoms with E-state index in [0.29, 0.717) is 25.8 Å². The van der Waals surface area contributed by atoms with Crippen LogP contribution in [0.5, 0.6) is 17.2 Å². The third-order valence-electron chi connectivity index (χ3n) is 2.72. The largest absolute Gasteiger partial charge is 0.504 e. The van der Waals surface area contributed by atoms with Crippen LogP contribution in [0.15, 0.2) is 39.9 Å². The Balaban J connectivity index is 1.89. The highest BCUT2D eigenvalue weighted by molar-refractivity contribution is 9.10. The Hall–Kier alpha value is -1.96. The minimum Gasteiger partial charge on any atom is -0.504 e. The number of amides is 1. The molecule has 6 nitrogen and oxygen atoms in total. The maximum absolute atomic E-state index is 11.7. The smallest absolute Gasteiger partial charge is 0.277 e. The highest BCUT2D eigenvalue weighted by Crippen LogP contribution is 2.33. The molecular weight excluding hydrogens is 423 g/mol. The SMILES string of the molecule is O=C(COc1ccc(Cl)cc1Cl)N/N=C/c1cc(O)c(O)c(Br)c1. The lowest BCUT2D eigenvalue weighted by molar-refractivity contribution is -0.123. The zero-order chi connectivity index (χ0) is 17.7. The predicted molar refractivity (Wildman–Crippen MR) is 95.2 cm³/mol. The molecule has 2 rings (SSSR count). The molecule has 0 spiro atoms. The number of carbonyl (C=O) groups excluding carboxylic acids is 1. The van der Waals surface area contributed by atoms with Crippen molar-refractivity contribution in [3.63, 3.8) is 0 Å². The molecule has 24 heavy (non-hydrogen) atoms. The molecular formula is C15H11BrCl2N2O4. The van der Waals surface area contributed by atoms with Crippen LogP contribution in [0.3, 0.4) is 0 Å². The number of hydrogen-bond acceptors (Lipinski definition) is 5. The Labute approximate surface area is 155 Å². The lowest BCUT2D eigenvalue weighted by Gasteiger charge is -2.07. The van der Waals surface area contributed by atoms with Crippen LogP contribution < -0.4 is 10.2 Å². The summed E-state index contributed by atoms with van der Waals surface area (Å²) in [4.78, 5) is 11.7. The van der Waals surface area contributed by atoms with Crippen molar-refractivity contribution in [1.82, 2.24) is 5.43 Å². The van der Waals surface area contributed by atoms with E-state index in [4.69, 9.17) is 27.9 Å². The monoisotopic (exact) mass is 432 g/mol. The van der Waals surface area contributed by atoms with Crippen molar-refractivity contribution in [2.75, 3.05) is 6.61 Å². The molecule has 0 atom stereocenters. The standard InChI is InChI=1S/C15H11BrCl2N2O4/c16-10-3-8(4-12(21)15(10)23)6-19-20-14(22)7-24-13-2-1-9(17)5-11(13)18/h1-6,21,23H,7H2,(H,20,22)/b19-6+. The summed E-state index contributed by atoms with van der Waals surface area (Å²) in [5.41, 5.74) is 2.73. The fraction of sp³-hybridized carbons (Fsp3) is 0.0667. The van der Waals surface area contributed by atoms with Gasteiger partial charge in [-0.05, 0) is 51.8 Å². The molecule has 0 heterocycles. The highest BCUT2D eigenvalue weighted by atomic mass is 79.9. The van der Waals surface area contributed by atoms with Crippen molar-refractivity contribution in [3.8, 4) is 17.2 Å². The van der Waals surface area contributed by atoms with Gasteiger partial charge in [0.25, 0.3) is 5.91 Å². The first kappa shape index (κ1) is 18.4. The van der Waals surface area contributed by atoms with Crippen molar-refractivity contribution >= 4 is 51.3 Å². The predicted octanol–water partition coefficient (Wildman–Crippen LogP) is 3.70. The molecule has 0 saturated carbocycles. The molecule has 0 aliphatic rings. The number of phenolic OH excluding ortho intramolecular Hbond substituents is 2. The summed E-state index contributed by atoms with van der Waals surface area (Å²) >= 11 is 14.8. The second kappa shape index (κ2) is 8.23. The Morgan fingerprint density at radius 2 is 2.04 bits per heavy atom. The minimum atomic E-state index is -0.501. The molecule has 0 aromatic heterocycles. The first-order valence-electron chi connectivity index (χ1n) is 6.48. The first-order chi connectivity index (χ1) is 11.4. The van der Waals surface area contributed by atoms with Crippen LogP contribution in [0.4, 0.5) is 0 Å². The normalized spacial score (nSPS) is 10.8. The summed E-state index contributed by atoms with van der Waals surface area (Å²) < 4.78 is 5.56. The average molecular weight is 434 g/mol. The number of hydrazone groups is 1. The molecule has 1 amide bonds. The molecule has 0 saturated heterocycles. The van der Waals surface area contributed by atoms with Crippen LogP contribution in [0.2, 0.25) is 10.0 Å². The topological polar surface area (TPSA) is 91.2 Å². The average Bonchev–Trinajstić information content (AvgIpc) is 2.51. The third-order valence-corrected chi connectivity index (χ3v) is 3.86. The van der Waals surface area contributed by atoms with Gasteiger partial charge in [0.1, 0.15) is 5.75 Å². The van der Waals surface area contributed by atoms with Gasteiger partial charge in [-0.1, -0.05) is 23.2 Å². The van der Waals surface area contributed by atoms with Crippen LogP contribution in [0, 0.1) is 0 Å². The molecule has 126 valence electrons. The number of halogens is 3. The summed E-state index contributed by atoms with van der Waals surface area (Å²) in [6.45, 7) is -0.288. The lowest BCUT2D eigenvalue weighted by Crippen LogP contribution is -2.24. The second-order valence-electron chi connectivity index (χ2n) is 4.53. The highest BCUT2D eigenvalue weighted by Gasteiger charge is 2.07. The molecule has 2 aromatic carbocycles. The molecule has 2 aromatic rings. The van der Waals surface area contributed by atoms with E-state index in [1.54, 1.807) is 12.1 Å². The third kappa shape index (κ3) is 5.02. The van der Waals surface area contributed by atoms with Gasteiger partial charge in [0.2, 0.25) is 0 Å². The number of phenols is 2. The summed E-state index contributed by atoms with van der Waals surface area (Å²) in [6.07, 6.45) is 1.30. The minimum absolute atomic E-state index is 0.274. The number of nitrogens with one attached hydrogen (secondary N) is 1. The van der Waals surface area contributed by atoms with E-state index in [1.807, 2.05) is 0 Å². The Bertz CT molecular complexity index is 776. The number of hydrogen-bond donors (Lipinski definition) is 3. The molecule has 0 unspecified atom stereocenters. The van der Waals surface area contributed by atoms with Crippen LogP contribution in [0.1, 0.15) is 5.56 Å². The summed E-state index contributed by atoms with van der Waals surface area (Å²) in [6, 6.07) is 7.46. The van der Waals surface area contributed by atoms with Gasteiger partial charge in [-0.2, -0.15) is 5.10 Å². The number of ether oxygens (including phenoxy) is 1. The first-order valence-corrected chi connectivity index (χ1v) is 8.03. The van der Waals surface area contributed by atoms with Crippen molar-refractivity contribution in [2.45, 2.75) is 0 Å². The van der Waals surface area contributed by atoms with Gasteiger partial charge < -0.3 is 14.9 Å². The van der Waals surface area contributed by atoms with Crippen LogP contribution in [-0.2, 0) is 4.79 Å². The van der Waals surface area contributed by atoms with Crippen LogP contribution in [-0.4, -0.2) is 28.9 Å². The molecule has 0 aliphatic heterocycles. The van der Waals surface area contributed by atoms with E-state index < -0.39 is 5.91 Å². The van der Waals surface area contributed by atoms with Crippen molar-refractivity contribution in [2.24, 2.45) is 5.10 Å². The van der Waals surface area contributed by atoms with Crippen molar-refractivity contribution in [1.29, 1.82) is 0 Å². The molecule has 9 heteroatoms. The van der Waals surface area contributed by atoms with Gasteiger partial charge in [-0.15, -0.1) is 0 Å². The van der Waals surface area contributed by atoms with Crippen LogP contribution >= 0.6 is 39.1 Å². The van der Waals surface area contributed by atoms with E-state index in [9.17, 15) is 15.0 Å². The summed E-state index contributed by atoms with van der Waals surface area (Å²) in [7, 11) is 0. The summed E-state index contributed by atoms with van der Waals surface area (Å²) in [5, 5.41) is 23.4. The zero-order valence-corrected chi connectivity index (χ0v) is 15.1. The fourth-order valence-corrected chi connectivity index (χ4v) is 2.56. The van der Waals surface area contributed by atoms with Gasteiger partial charge in [-0.3, -0.25) is 4.79 Å². The Morgan fingerprint density at radius 1 is 1.29 bits per heavy atom. The van der Waals surface area contributed by atoms with E-state index in [2.05, 4.69) is 26.5 Å². The van der Waals surface area contributed by atoms with Gasteiger partial charge in [0, 0.05) is 5.02 Å². The number of nitrogens with zero attached hydrogens (tertiary/aromatic N) is 1. The maximum atomic E-state index is 11.7. The molecule has 0 bridgehead atoms. The zero-order valence-electron chi connectivity index (χ0n) is 12.0. The number of aromatic hydroxyl groups is 2. The van der Waals surface area contributed by atoms with E-state index >= 15 is 0 Å². The van der Waals surface area contributed by atoms with E-state index in [0.717, 1.165) is 0 Å². The lowest BCUT2D eigenvalue weighted by atomic mass is 10.2. The molecule has 0 fully saturated rings. The molecule has 3 N–H and O–H groups in total. The number of benzene rings is 2. The van der Waals surface area contributed by atoms with E-state index in [1.165, 1.54) is 24.4 Å². The van der Waals surface area contributed by atoms with E-state index in [-0.39, 0.29) is 18.1 Å². The van der Waals surface area contributed by atoms with Crippen molar-refractivity contribution < 1.29 is 19.7 Å². The Kier molecular flexibility index (Phi) is 6.30.